The summed E-state index contributed by atoms with van der Waals surface area (Å²) in [6, 6.07) is 1.14. The van der Waals surface area contributed by atoms with Crippen molar-refractivity contribution in [1.29, 1.82) is 0 Å². The van der Waals surface area contributed by atoms with E-state index < -0.39 is 0 Å². The highest BCUT2D eigenvalue weighted by molar-refractivity contribution is 5.93. The topological polar surface area (TPSA) is 91.3 Å². The summed E-state index contributed by atoms with van der Waals surface area (Å²) in [7, 11) is 3.10. The number of fused-ring (bicyclic) bond motifs is 1. The molecule has 8 heteroatoms. The van der Waals surface area contributed by atoms with Crippen LogP contribution in [0, 0.1) is 0 Å². The molecule has 92 valence electrons. The highest BCUT2D eigenvalue weighted by Gasteiger charge is 2.26. The summed E-state index contributed by atoms with van der Waals surface area (Å²) >= 11 is 0. The Kier molecular flexibility index (Phi) is 2.86. The van der Waals surface area contributed by atoms with Crippen LogP contribution >= 0.6 is 0 Å². The molecule has 2 heterocycles. The number of carbonyl (C=O) groups excluding carboxylic acids is 2. The summed E-state index contributed by atoms with van der Waals surface area (Å²) in [4.78, 5) is 24.2. The summed E-state index contributed by atoms with van der Waals surface area (Å²) < 4.78 is 1.68. The maximum absolute atomic E-state index is 11.5. The molecule has 0 saturated heterocycles. The van der Waals surface area contributed by atoms with Crippen molar-refractivity contribution < 1.29 is 9.59 Å². The fraction of sp³-hybridized carbons (Fsp3) is 0.444. The molecular weight excluding hydrogens is 224 g/mol. The highest BCUT2D eigenvalue weighted by Crippen LogP contribution is 2.24. The van der Waals surface area contributed by atoms with Gasteiger partial charge in [0, 0.05) is 26.7 Å². The van der Waals surface area contributed by atoms with Gasteiger partial charge in [0.1, 0.15) is 5.82 Å². The molecule has 0 aliphatic carbocycles. The van der Waals surface area contributed by atoms with E-state index >= 15 is 0 Å². The predicted octanol–water partition coefficient (Wildman–Crippen LogP) is -0.206. The highest BCUT2D eigenvalue weighted by atomic mass is 16.2. The first kappa shape index (κ1) is 11.2. The van der Waals surface area contributed by atoms with Crippen LogP contribution in [0.1, 0.15) is 0 Å². The Labute approximate surface area is 98.0 Å². The average molecular weight is 238 g/mol. The number of aromatic nitrogens is 2. The summed E-state index contributed by atoms with van der Waals surface area (Å²) in [6.07, 6.45) is 0. The van der Waals surface area contributed by atoms with Crippen molar-refractivity contribution in [2.45, 2.75) is 6.54 Å². The third kappa shape index (κ3) is 2.01. The molecule has 0 atom stereocenters. The fourth-order valence-corrected chi connectivity index (χ4v) is 1.68. The van der Waals surface area contributed by atoms with Crippen LogP contribution in [0.15, 0.2) is 6.07 Å². The second-order valence-corrected chi connectivity index (χ2v) is 3.52. The molecule has 0 spiro atoms. The molecule has 2 rings (SSSR count). The van der Waals surface area contributed by atoms with Gasteiger partial charge in [0.25, 0.3) is 0 Å². The van der Waals surface area contributed by atoms with Gasteiger partial charge in [-0.05, 0) is 0 Å². The second kappa shape index (κ2) is 4.32. The third-order valence-corrected chi connectivity index (χ3v) is 2.50. The SMILES string of the molecule is CNC(=O)Nc1cc2n(n1)CCN2C(=O)NC. The zero-order chi connectivity index (χ0) is 12.4. The first-order valence-electron chi connectivity index (χ1n) is 5.21. The van der Waals surface area contributed by atoms with E-state index in [4.69, 9.17) is 0 Å². The maximum Gasteiger partial charge on any atom is 0.322 e. The van der Waals surface area contributed by atoms with Gasteiger partial charge in [0.15, 0.2) is 5.82 Å². The second-order valence-electron chi connectivity index (χ2n) is 3.52. The van der Waals surface area contributed by atoms with Gasteiger partial charge >= 0.3 is 12.1 Å². The number of anilines is 2. The van der Waals surface area contributed by atoms with Crippen molar-refractivity contribution in [2.75, 3.05) is 30.9 Å². The summed E-state index contributed by atoms with van der Waals surface area (Å²) in [5.74, 6) is 1.10. The molecule has 1 aromatic heterocycles. The molecule has 3 N–H and O–H groups in total. The lowest BCUT2D eigenvalue weighted by atomic mass is 10.5. The largest absolute Gasteiger partial charge is 0.341 e. The monoisotopic (exact) mass is 238 g/mol. The zero-order valence-electron chi connectivity index (χ0n) is 9.65. The Hall–Kier alpha value is -2.25. The van der Waals surface area contributed by atoms with Crippen molar-refractivity contribution in [3.63, 3.8) is 0 Å². The van der Waals surface area contributed by atoms with E-state index in [1.807, 2.05) is 0 Å². The van der Waals surface area contributed by atoms with E-state index in [-0.39, 0.29) is 12.1 Å². The van der Waals surface area contributed by atoms with E-state index in [0.717, 1.165) is 0 Å². The van der Waals surface area contributed by atoms with Gasteiger partial charge in [-0.15, -0.1) is 0 Å². The molecule has 0 fully saturated rings. The molecular formula is C9H14N6O2. The van der Waals surface area contributed by atoms with Crippen LogP contribution in [-0.4, -0.2) is 42.5 Å². The third-order valence-electron chi connectivity index (χ3n) is 2.50. The molecule has 1 aliphatic heterocycles. The minimum atomic E-state index is -0.340. The maximum atomic E-state index is 11.5. The van der Waals surface area contributed by atoms with Crippen molar-refractivity contribution >= 4 is 23.7 Å². The Morgan fingerprint density at radius 2 is 2.06 bits per heavy atom. The molecule has 1 aliphatic rings. The molecule has 0 radical (unpaired) electrons. The van der Waals surface area contributed by atoms with Crippen molar-refractivity contribution in [1.82, 2.24) is 20.4 Å². The van der Waals surface area contributed by atoms with Crippen LogP contribution in [0.3, 0.4) is 0 Å². The molecule has 0 unspecified atom stereocenters. The fourth-order valence-electron chi connectivity index (χ4n) is 1.68. The van der Waals surface area contributed by atoms with Crippen LogP contribution in [0.25, 0.3) is 0 Å². The first-order valence-corrected chi connectivity index (χ1v) is 5.21. The number of hydrogen-bond donors (Lipinski definition) is 3. The molecule has 0 aromatic carbocycles. The minimum Gasteiger partial charge on any atom is -0.341 e. The Balaban J connectivity index is 2.17. The molecule has 4 amide bonds. The lowest BCUT2D eigenvalue weighted by Crippen LogP contribution is -2.36. The minimum absolute atomic E-state index is 0.185. The first-order chi connectivity index (χ1) is 8.15. The number of hydrogen-bond acceptors (Lipinski definition) is 3. The van der Waals surface area contributed by atoms with Crippen molar-refractivity contribution in [2.24, 2.45) is 0 Å². The van der Waals surface area contributed by atoms with Gasteiger partial charge in [0.05, 0.1) is 6.54 Å². The molecule has 0 saturated carbocycles. The van der Waals surface area contributed by atoms with Gasteiger partial charge in [-0.25, -0.2) is 14.3 Å². The number of urea groups is 2. The van der Waals surface area contributed by atoms with Crippen molar-refractivity contribution in [3.05, 3.63) is 6.07 Å². The van der Waals surface area contributed by atoms with Crippen LogP contribution in [0.2, 0.25) is 0 Å². The number of nitrogens with zero attached hydrogens (tertiary/aromatic N) is 3. The van der Waals surface area contributed by atoms with Gasteiger partial charge in [-0.2, -0.15) is 5.10 Å². The normalized spacial score (nSPS) is 13.2. The summed E-state index contributed by atoms with van der Waals surface area (Å²) in [5.41, 5.74) is 0. The lowest BCUT2D eigenvalue weighted by molar-refractivity contribution is 0.248. The van der Waals surface area contributed by atoms with Gasteiger partial charge in [0.2, 0.25) is 0 Å². The van der Waals surface area contributed by atoms with Gasteiger partial charge in [-0.3, -0.25) is 10.2 Å². The molecule has 0 bridgehead atoms. The van der Waals surface area contributed by atoms with E-state index in [9.17, 15) is 9.59 Å². The van der Waals surface area contributed by atoms with Crippen LogP contribution in [-0.2, 0) is 6.54 Å². The van der Waals surface area contributed by atoms with Crippen LogP contribution in [0.5, 0.6) is 0 Å². The Bertz CT molecular complexity index is 454. The van der Waals surface area contributed by atoms with E-state index in [0.29, 0.717) is 24.7 Å². The molecule has 17 heavy (non-hydrogen) atoms. The van der Waals surface area contributed by atoms with Gasteiger partial charge in [-0.1, -0.05) is 0 Å². The standard InChI is InChI=1S/C9H14N6O2/c1-10-8(16)12-6-5-7-14(9(17)11-2)3-4-15(7)13-6/h5H,3-4H2,1-2H3,(H,11,17)(H2,10,12,13,16). The summed E-state index contributed by atoms with van der Waals surface area (Å²) in [5, 5.41) is 11.7. The Morgan fingerprint density at radius 3 is 2.71 bits per heavy atom. The van der Waals surface area contributed by atoms with Crippen LogP contribution < -0.4 is 20.9 Å². The number of rotatable bonds is 1. The number of carbonyl (C=O) groups is 2. The van der Waals surface area contributed by atoms with E-state index in [1.54, 1.807) is 22.7 Å². The smallest absolute Gasteiger partial charge is 0.322 e. The molecule has 8 nitrogen and oxygen atoms in total. The molecule has 1 aromatic rings. The predicted molar refractivity (Wildman–Crippen MR) is 62.1 cm³/mol. The number of nitrogens with one attached hydrogen (secondary N) is 3. The lowest BCUT2D eigenvalue weighted by Gasteiger charge is -2.13. The summed E-state index contributed by atoms with van der Waals surface area (Å²) in [6.45, 7) is 1.21. The van der Waals surface area contributed by atoms with Crippen molar-refractivity contribution in [3.8, 4) is 0 Å². The van der Waals surface area contributed by atoms with E-state index in [1.165, 1.54) is 7.05 Å². The van der Waals surface area contributed by atoms with Crippen LogP contribution in [0.4, 0.5) is 21.2 Å². The number of amides is 4. The van der Waals surface area contributed by atoms with E-state index in [2.05, 4.69) is 21.0 Å². The average Bonchev–Trinajstić information content (AvgIpc) is 2.87. The Morgan fingerprint density at radius 1 is 1.29 bits per heavy atom. The quantitative estimate of drug-likeness (QED) is 0.632. The van der Waals surface area contributed by atoms with Gasteiger partial charge < -0.3 is 10.6 Å². The zero-order valence-corrected chi connectivity index (χ0v) is 9.65.